The Labute approximate surface area is 160 Å². The predicted octanol–water partition coefficient (Wildman–Crippen LogP) is 5.05. The summed E-state index contributed by atoms with van der Waals surface area (Å²) >= 11 is 0. The van der Waals surface area contributed by atoms with Crippen LogP contribution in [0.25, 0.3) is 17.0 Å². The highest BCUT2D eigenvalue weighted by molar-refractivity contribution is 5.85. The van der Waals surface area contributed by atoms with Crippen LogP contribution in [0.1, 0.15) is 45.2 Å². The largest absolute Gasteiger partial charge is 0.326 e. The van der Waals surface area contributed by atoms with Gasteiger partial charge in [0.25, 0.3) is 0 Å². The molecule has 4 rings (SSSR count). The van der Waals surface area contributed by atoms with E-state index in [4.69, 9.17) is 0 Å². The molecule has 0 amide bonds. The molecule has 1 atom stereocenters. The van der Waals surface area contributed by atoms with E-state index >= 15 is 0 Å². The van der Waals surface area contributed by atoms with Crippen LogP contribution in [-0.2, 0) is 6.54 Å². The van der Waals surface area contributed by atoms with E-state index < -0.39 is 0 Å². The standard InChI is InChI=1S/C21H24FN5.H2/c1-4-14(2)17-12-23-25-20(17)18-13-24-27-11-7-10-26(21(18)27)15(3)16-8-5-6-9-19(16)22;/h5-6,8-9,12-14H,3-4,7,10-11H2,1-2H3,(H,23,25);1H. The van der Waals surface area contributed by atoms with E-state index in [1.165, 1.54) is 11.6 Å². The smallest absolute Gasteiger partial charge is 0.140 e. The molecule has 5 nitrogen and oxygen atoms in total. The van der Waals surface area contributed by atoms with Gasteiger partial charge in [-0.15, -0.1) is 0 Å². The molecule has 1 aromatic carbocycles. The first kappa shape index (κ1) is 17.5. The Kier molecular flexibility index (Phi) is 4.56. The van der Waals surface area contributed by atoms with Crippen LogP contribution >= 0.6 is 0 Å². The van der Waals surface area contributed by atoms with Gasteiger partial charge in [0.1, 0.15) is 11.6 Å². The van der Waals surface area contributed by atoms with Gasteiger partial charge in [-0.1, -0.05) is 32.6 Å². The minimum atomic E-state index is -0.262. The number of aromatic nitrogens is 4. The summed E-state index contributed by atoms with van der Waals surface area (Å²) in [4.78, 5) is 2.07. The molecule has 6 heteroatoms. The second kappa shape index (κ2) is 7.02. The van der Waals surface area contributed by atoms with E-state index in [0.29, 0.717) is 17.2 Å². The van der Waals surface area contributed by atoms with Crippen LogP contribution in [0, 0.1) is 5.82 Å². The van der Waals surface area contributed by atoms with Gasteiger partial charge in [-0.25, -0.2) is 9.07 Å². The van der Waals surface area contributed by atoms with Gasteiger partial charge < -0.3 is 4.90 Å². The minimum Gasteiger partial charge on any atom is -0.326 e. The summed E-state index contributed by atoms with van der Waals surface area (Å²) in [5, 5.41) is 12.0. The maximum atomic E-state index is 14.4. The lowest BCUT2D eigenvalue weighted by Gasteiger charge is -2.32. The molecule has 142 valence electrons. The van der Waals surface area contributed by atoms with Gasteiger partial charge in [0.15, 0.2) is 0 Å². The first-order valence-corrected chi connectivity index (χ1v) is 9.42. The Morgan fingerprint density at radius 2 is 2.15 bits per heavy atom. The number of halogens is 1. The number of aromatic amines is 1. The molecule has 3 heterocycles. The molecule has 3 aromatic rings. The van der Waals surface area contributed by atoms with Crippen molar-refractivity contribution < 1.29 is 5.82 Å². The number of H-pyrrole nitrogens is 1. The fourth-order valence-electron chi connectivity index (χ4n) is 3.70. The summed E-state index contributed by atoms with van der Waals surface area (Å²) < 4.78 is 16.3. The Morgan fingerprint density at radius 1 is 1.33 bits per heavy atom. The lowest BCUT2D eigenvalue weighted by molar-refractivity contribution is 0.542. The maximum absolute atomic E-state index is 14.4. The molecule has 27 heavy (non-hydrogen) atoms. The zero-order valence-corrected chi connectivity index (χ0v) is 15.7. The highest BCUT2D eigenvalue weighted by atomic mass is 19.1. The van der Waals surface area contributed by atoms with Crippen molar-refractivity contribution in [1.82, 2.24) is 20.0 Å². The Balaban J connectivity index is 0.00000225. The lowest BCUT2D eigenvalue weighted by atomic mass is 9.96. The SMILES string of the molecule is C=C(c1ccccc1F)N1CCCn2ncc(-c3[nH]ncc3C(C)CC)c21.[HH]. The van der Waals surface area contributed by atoms with Gasteiger partial charge in [0, 0.05) is 31.3 Å². The lowest BCUT2D eigenvalue weighted by Crippen LogP contribution is -2.31. The minimum absolute atomic E-state index is 0. The third kappa shape index (κ3) is 2.95. The molecule has 0 spiro atoms. The van der Waals surface area contributed by atoms with E-state index in [0.717, 1.165) is 43.0 Å². The van der Waals surface area contributed by atoms with E-state index in [1.807, 2.05) is 23.1 Å². The van der Waals surface area contributed by atoms with Crippen molar-refractivity contribution in [3.05, 3.63) is 60.2 Å². The summed E-state index contributed by atoms with van der Waals surface area (Å²) in [7, 11) is 0. The average molecular weight is 367 g/mol. The number of benzene rings is 1. The fraction of sp³-hybridized carbons (Fsp3) is 0.333. The van der Waals surface area contributed by atoms with Crippen LogP contribution in [0.5, 0.6) is 0 Å². The molecular weight excluding hydrogens is 341 g/mol. The Hall–Kier alpha value is -2.89. The maximum Gasteiger partial charge on any atom is 0.140 e. The topological polar surface area (TPSA) is 49.7 Å². The van der Waals surface area contributed by atoms with Crippen LogP contribution in [0.2, 0.25) is 0 Å². The summed E-state index contributed by atoms with van der Waals surface area (Å²) in [6.45, 7) is 10.2. The van der Waals surface area contributed by atoms with Crippen molar-refractivity contribution in [2.75, 3.05) is 11.4 Å². The monoisotopic (exact) mass is 367 g/mol. The second-order valence-corrected chi connectivity index (χ2v) is 7.05. The number of hydrogen-bond acceptors (Lipinski definition) is 3. The second-order valence-electron chi connectivity index (χ2n) is 7.05. The summed E-state index contributed by atoms with van der Waals surface area (Å²) in [6.07, 6.45) is 5.73. The van der Waals surface area contributed by atoms with E-state index in [9.17, 15) is 4.39 Å². The number of nitrogens with one attached hydrogen (secondary N) is 1. The molecule has 1 unspecified atom stereocenters. The third-order valence-corrected chi connectivity index (χ3v) is 5.41. The van der Waals surface area contributed by atoms with E-state index in [2.05, 4.69) is 40.6 Å². The van der Waals surface area contributed by atoms with Gasteiger partial charge in [-0.3, -0.25) is 5.10 Å². The van der Waals surface area contributed by atoms with Crippen molar-refractivity contribution in [3.8, 4) is 11.3 Å². The number of anilines is 1. The highest BCUT2D eigenvalue weighted by Gasteiger charge is 2.28. The van der Waals surface area contributed by atoms with E-state index in [-0.39, 0.29) is 7.24 Å². The molecule has 0 fully saturated rings. The van der Waals surface area contributed by atoms with Gasteiger partial charge in [0.2, 0.25) is 0 Å². The summed E-state index contributed by atoms with van der Waals surface area (Å²) in [5.74, 6) is 1.08. The molecule has 0 bridgehead atoms. The Morgan fingerprint density at radius 3 is 2.93 bits per heavy atom. The normalized spacial score (nSPS) is 14.9. The average Bonchev–Trinajstić information content (AvgIpc) is 3.33. The first-order valence-electron chi connectivity index (χ1n) is 9.42. The van der Waals surface area contributed by atoms with Crippen LogP contribution in [0.4, 0.5) is 10.2 Å². The molecule has 0 saturated carbocycles. The molecule has 0 radical (unpaired) electrons. The number of nitrogens with zero attached hydrogens (tertiary/aromatic N) is 4. The molecule has 2 aromatic heterocycles. The molecule has 1 aliphatic rings. The number of hydrogen-bond donors (Lipinski definition) is 1. The van der Waals surface area contributed by atoms with Crippen molar-refractivity contribution in [2.24, 2.45) is 0 Å². The quantitative estimate of drug-likeness (QED) is 0.686. The van der Waals surface area contributed by atoms with E-state index in [1.54, 1.807) is 12.1 Å². The van der Waals surface area contributed by atoms with Crippen LogP contribution < -0.4 is 4.90 Å². The third-order valence-electron chi connectivity index (χ3n) is 5.41. The molecule has 1 aliphatic heterocycles. The van der Waals surface area contributed by atoms with Crippen LogP contribution in [-0.4, -0.2) is 26.5 Å². The molecule has 0 aliphatic carbocycles. The molecule has 1 N–H and O–H groups in total. The van der Waals surface area contributed by atoms with Crippen LogP contribution in [0.15, 0.2) is 43.2 Å². The van der Waals surface area contributed by atoms with Crippen molar-refractivity contribution >= 4 is 11.5 Å². The number of fused-ring (bicyclic) bond motifs is 1. The fourth-order valence-corrected chi connectivity index (χ4v) is 3.70. The van der Waals surface area contributed by atoms with Crippen molar-refractivity contribution in [1.29, 1.82) is 0 Å². The van der Waals surface area contributed by atoms with Crippen molar-refractivity contribution in [2.45, 2.75) is 39.2 Å². The molecule has 0 saturated heterocycles. The van der Waals surface area contributed by atoms with Gasteiger partial charge in [-0.05, 0) is 30.9 Å². The van der Waals surface area contributed by atoms with Gasteiger partial charge in [-0.2, -0.15) is 10.2 Å². The predicted molar refractivity (Wildman–Crippen MR) is 108 cm³/mol. The molecular formula is C21H26FN5. The summed E-state index contributed by atoms with van der Waals surface area (Å²) in [6, 6.07) is 6.77. The Bertz CT molecular complexity index is 977. The highest BCUT2D eigenvalue weighted by Crippen LogP contribution is 2.39. The van der Waals surface area contributed by atoms with Crippen molar-refractivity contribution in [3.63, 3.8) is 0 Å². The number of aryl methyl sites for hydroxylation is 1. The van der Waals surface area contributed by atoms with Gasteiger partial charge in [0.05, 0.1) is 23.7 Å². The first-order chi connectivity index (χ1) is 13.1. The zero-order chi connectivity index (χ0) is 19.0. The number of rotatable bonds is 5. The summed E-state index contributed by atoms with van der Waals surface area (Å²) in [5.41, 5.74) is 4.32. The zero-order valence-electron chi connectivity index (χ0n) is 15.7. The van der Waals surface area contributed by atoms with Crippen LogP contribution in [0.3, 0.4) is 0 Å². The van der Waals surface area contributed by atoms with Gasteiger partial charge >= 0.3 is 0 Å².